The van der Waals surface area contributed by atoms with E-state index in [-0.39, 0.29) is 49.5 Å². The van der Waals surface area contributed by atoms with Crippen molar-refractivity contribution in [2.24, 2.45) is 0 Å². The molecule has 0 spiro atoms. The molecule has 1 fully saturated rings. The van der Waals surface area contributed by atoms with Gasteiger partial charge in [-0.2, -0.15) is 0 Å². The topological polar surface area (TPSA) is 86.8 Å². The summed E-state index contributed by atoms with van der Waals surface area (Å²) >= 11 is 12.5. The molecule has 1 N–H and O–H groups in total. The second-order valence-corrected chi connectivity index (χ2v) is 12.7. The molecule has 1 aliphatic rings. The molecular weight excluding hydrogens is 564 g/mol. The molecule has 39 heavy (non-hydrogen) atoms. The fourth-order valence-corrected chi connectivity index (χ4v) is 6.37. The van der Waals surface area contributed by atoms with Crippen molar-refractivity contribution in [2.75, 3.05) is 17.1 Å². The Balaban J connectivity index is 1.79. The monoisotopic (exact) mass is 599 g/mol. The maximum absolute atomic E-state index is 14.4. The van der Waals surface area contributed by atoms with E-state index in [4.69, 9.17) is 23.2 Å². The van der Waals surface area contributed by atoms with Gasteiger partial charge in [0.2, 0.25) is 21.8 Å². The minimum absolute atomic E-state index is 0.0428. The number of rotatable bonds is 12. The van der Waals surface area contributed by atoms with E-state index < -0.39 is 21.9 Å². The van der Waals surface area contributed by atoms with Gasteiger partial charge in [0.15, 0.2) is 0 Å². The Kier molecular flexibility index (Phi) is 11.4. The largest absolute Gasteiger partial charge is 0.352 e. The Hall–Kier alpha value is -2.36. The van der Waals surface area contributed by atoms with Gasteiger partial charge >= 0.3 is 0 Å². The average molecular weight is 601 g/mol. The van der Waals surface area contributed by atoms with E-state index in [2.05, 4.69) is 5.32 Å². The Morgan fingerprint density at radius 2 is 1.79 bits per heavy atom. The van der Waals surface area contributed by atoms with Crippen LogP contribution in [0, 0.1) is 5.82 Å². The molecule has 0 aromatic heterocycles. The van der Waals surface area contributed by atoms with E-state index in [1.165, 1.54) is 23.1 Å². The molecule has 3 rings (SSSR count). The van der Waals surface area contributed by atoms with Crippen LogP contribution in [0.1, 0.15) is 63.9 Å². The second-order valence-electron chi connectivity index (χ2n) is 9.92. The Bertz CT molecular complexity index is 1260. The number of hydrogen-bond acceptors (Lipinski definition) is 4. The highest BCUT2D eigenvalue weighted by molar-refractivity contribution is 7.92. The molecule has 2 aromatic carbocycles. The third-order valence-corrected chi connectivity index (χ3v) is 8.73. The van der Waals surface area contributed by atoms with Crippen LogP contribution in [0.25, 0.3) is 0 Å². The zero-order chi connectivity index (χ0) is 28.6. The van der Waals surface area contributed by atoms with Gasteiger partial charge < -0.3 is 10.2 Å². The van der Waals surface area contributed by atoms with Crippen molar-refractivity contribution in [3.63, 3.8) is 0 Å². The van der Waals surface area contributed by atoms with Crippen LogP contribution < -0.4 is 9.62 Å². The molecule has 2 amide bonds. The molecule has 2 aromatic rings. The van der Waals surface area contributed by atoms with E-state index in [1.807, 2.05) is 6.92 Å². The lowest BCUT2D eigenvalue weighted by molar-refractivity contribution is -0.141. The number of nitrogens with one attached hydrogen (secondary N) is 1. The standard InChI is InChI=1S/C28H36Cl2FN3O4S/c1-3-25(28(36)32-22-10-5-4-6-11-22)33(19-20-15-16-21(29)18-23(20)30)27(35)14-9-17-34(39(2,37)38)26-13-8-7-12-24(26)31/h7-8,12-13,15-16,18,22,25H,3-6,9-11,14,17,19H2,1-2H3,(H,32,36)/t25-/m0/s1. The summed E-state index contributed by atoms with van der Waals surface area (Å²) in [7, 11) is -3.79. The number of para-hydroxylation sites is 1. The highest BCUT2D eigenvalue weighted by Gasteiger charge is 2.31. The van der Waals surface area contributed by atoms with Crippen LogP contribution in [0.2, 0.25) is 10.0 Å². The summed E-state index contributed by atoms with van der Waals surface area (Å²) in [4.78, 5) is 28.5. The molecule has 0 bridgehead atoms. The normalized spacial score (nSPS) is 15.0. The van der Waals surface area contributed by atoms with Crippen LogP contribution >= 0.6 is 23.2 Å². The number of amides is 2. The molecule has 0 saturated heterocycles. The molecule has 214 valence electrons. The van der Waals surface area contributed by atoms with Crippen molar-refractivity contribution in [1.82, 2.24) is 10.2 Å². The van der Waals surface area contributed by atoms with Gasteiger partial charge in [-0.15, -0.1) is 0 Å². The predicted molar refractivity (Wildman–Crippen MR) is 154 cm³/mol. The zero-order valence-corrected chi connectivity index (χ0v) is 24.7. The quantitative estimate of drug-likeness (QED) is 0.327. The summed E-state index contributed by atoms with van der Waals surface area (Å²) in [5.41, 5.74) is 0.568. The first kappa shape index (κ1) is 31.2. The molecular formula is C28H36Cl2FN3O4S. The number of halogens is 3. The summed E-state index contributed by atoms with van der Waals surface area (Å²) in [5, 5.41) is 3.96. The van der Waals surface area contributed by atoms with Crippen LogP contribution in [0.5, 0.6) is 0 Å². The molecule has 0 heterocycles. The Morgan fingerprint density at radius 1 is 1.10 bits per heavy atom. The number of carbonyl (C=O) groups is 2. The SMILES string of the molecule is CC[C@@H](C(=O)NC1CCCCC1)N(Cc1ccc(Cl)cc1Cl)C(=O)CCCN(c1ccccc1F)S(C)(=O)=O. The average Bonchev–Trinajstić information content (AvgIpc) is 2.88. The summed E-state index contributed by atoms with van der Waals surface area (Å²) in [6.07, 6.45) is 6.57. The van der Waals surface area contributed by atoms with Crippen LogP contribution in [0.4, 0.5) is 10.1 Å². The van der Waals surface area contributed by atoms with Crippen molar-refractivity contribution in [3.05, 3.63) is 63.9 Å². The first-order valence-electron chi connectivity index (χ1n) is 13.3. The minimum Gasteiger partial charge on any atom is -0.352 e. The fourth-order valence-electron chi connectivity index (χ4n) is 4.93. The molecule has 0 unspecified atom stereocenters. The van der Waals surface area contributed by atoms with Crippen LogP contribution in [-0.4, -0.2) is 50.0 Å². The first-order chi connectivity index (χ1) is 18.5. The van der Waals surface area contributed by atoms with E-state index >= 15 is 0 Å². The van der Waals surface area contributed by atoms with Crippen molar-refractivity contribution < 1.29 is 22.4 Å². The summed E-state index contributed by atoms with van der Waals surface area (Å²) < 4.78 is 40.2. The van der Waals surface area contributed by atoms with E-state index in [0.29, 0.717) is 22.0 Å². The molecule has 1 atom stereocenters. The smallest absolute Gasteiger partial charge is 0.243 e. The molecule has 0 aliphatic heterocycles. The van der Waals surface area contributed by atoms with Crippen molar-refractivity contribution in [3.8, 4) is 0 Å². The van der Waals surface area contributed by atoms with Crippen molar-refractivity contribution in [1.29, 1.82) is 0 Å². The van der Waals surface area contributed by atoms with Crippen molar-refractivity contribution in [2.45, 2.75) is 76.9 Å². The predicted octanol–water partition coefficient (Wildman–Crippen LogP) is 5.94. The van der Waals surface area contributed by atoms with Crippen LogP contribution in [-0.2, 0) is 26.2 Å². The van der Waals surface area contributed by atoms with Crippen LogP contribution in [0.15, 0.2) is 42.5 Å². The number of sulfonamides is 1. The maximum Gasteiger partial charge on any atom is 0.243 e. The van der Waals surface area contributed by atoms with E-state index in [1.54, 1.807) is 24.3 Å². The lowest BCUT2D eigenvalue weighted by Gasteiger charge is -2.33. The second kappa shape index (κ2) is 14.3. The number of nitrogens with zero attached hydrogens (tertiary/aromatic N) is 2. The number of benzene rings is 2. The van der Waals surface area contributed by atoms with E-state index in [9.17, 15) is 22.4 Å². The fraction of sp³-hybridized carbons (Fsp3) is 0.500. The number of anilines is 1. The van der Waals surface area contributed by atoms with Gasteiger partial charge in [-0.1, -0.05) is 67.6 Å². The van der Waals surface area contributed by atoms with Gasteiger partial charge in [0.05, 0.1) is 11.9 Å². The third kappa shape index (κ3) is 8.82. The molecule has 1 aliphatic carbocycles. The molecule has 0 radical (unpaired) electrons. The Labute approximate surface area is 240 Å². The zero-order valence-electron chi connectivity index (χ0n) is 22.3. The van der Waals surface area contributed by atoms with Gasteiger partial charge in [-0.25, -0.2) is 12.8 Å². The summed E-state index contributed by atoms with van der Waals surface area (Å²) in [6, 6.07) is 9.93. The summed E-state index contributed by atoms with van der Waals surface area (Å²) in [6.45, 7) is 1.85. The summed E-state index contributed by atoms with van der Waals surface area (Å²) in [5.74, 6) is -1.21. The van der Waals surface area contributed by atoms with Gasteiger partial charge in [0.1, 0.15) is 11.9 Å². The highest BCUT2D eigenvalue weighted by Crippen LogP contribution is 2.26. The van der Waals surface area contributed by atoms with Gasteiger partial charge in [0.25, 0.3) is 0 Å². The molecule has 1 saturated carbocycles. The lowest BCUT2D eigenvalue weighted by Crippen LogP contribution is -2.51. The van der Waals surface area contributed by atoms with E-state index in [0.717, 1.165) is 42.7 Å². The van der Waals surface area contributed by atoms with Gasteiger partial charge in [0, 0.05) is 35.6 Å². The van der Waals surface area contributed by atoms with Gasteiger partial charge in [-0.3, -0.25) is 13.9 Å². The van der Waals surface area contributed by atoms with Gasteiger partial charge in [-0.05, 0) is 55.5 Å². The first-order valence-corrected chi connectivity index (χ1v) is 15.9. The number of hydrogen-bond donors (Lipinski definition) is 1. The minimum atomic E-state index is -3.79. The number of carbonyl (C=O) groups excluding carboxylic acids is 2. The highest BCUT2D eigenvalue weighted by atomic mass is 35.5. The Morgan fingerprint density at radius 3 is 2.41 bits per heavy atom. The van der Waals surface area contributed by atoms with Crippen LogP contribution in [0.3, 0.4) is 0 Å². The third-order valence-electron chi connectivity index (χ3n) is 6.97. The molecule has 7 nitrogen and oxygen atoms in total. The lowest BCUT2D eigenvalue weighted by atomic mass is 9.95. The van der Waals surface area contributed by atoms with Crippen molar-refractivity contribution >= 4 is 50.7 Å². The molecule has 11 heteroatoms. The maximum atomic E-state index is 14.4.